The summed E-state index contributed by atoms with van der Waals surface area (Å²) in [5, 5.41) is 8.86. The summed E-state index contributed by atoms with van der Waals surface area (Å²) in [7, 11) is 0. The number of allylic oxidation sites excluding steroid dienone is 4. The molecule has 1 atom stereocenters. The van der Waals surface area contributed by atoms with Crippen LogP contribution in [0.25, 0.3) is 0 Å². The van der Waals surface area contributed by atoms with Gasteiger partial charge in [-0.05, 0) is 55.6 Å². The Kier molecular flexibility index (Phi) is 5.62. The average Bonchev–Trinajstić information content (AvgIpc) is 2.64. The highest BCUT2D eigenvalue weighted by molar-refractivity contribution is 5.95. The van der Waals surface area contributed by atoms with Gasteiger partial charge in [0, 0.05) is 17.3 Å². The Bertz CT molecular complexity index is 855. The van der Waals surface area contributed by atoms with E-state index in [-0.39, 0.29) is 17.4 Å². The molecular formula is C19H18F3N3O3. The molecule has 0 saturated carbocycles. The maximum atomic E-state index is 12.2. The van der Waals surface area contributed by atoms with E-state index >= 15 is 0 Å². The highest BCUT2D eigenvalue weighted by Crippen LogP contribution is 2.23. The molecule has 0 spiro atoms. The SMILES string of the molecule is CC1NC=CC=C1OC1=CC=C(NC(=O)c2ccc(OC(F)(F)F)cc2)CN1. The van der Waals surface area contributed by atoms with Crippen molar-refractivity contribution in [2.24, 2.45) is 0 Å². The molecule has 0 bridgehead atoms. The summed E-state index contributed by atoms with van der Waals surface area (Å²) in [6.07, 6.45) is 4.14. The molecule has 3 N–H and O–H groups in total. The van der Waals surface area contributed by atoms with Crippen LogP contribution in [-0.2, 0) is 4.74 Å². The molecule has 0 aliphatic carbocycles. The van der Waals surface area contributed by atoms with Crippen LogP contribution in [-0.4, -0.2) is 24.9 Å². The summed E-state index contributed by atoms with van der Waals surface area (Å²) in [5.74, 6) is 0.468. The zero-order chi connectivity index (χ0) is 20.1. The molecule has 0 aromatic heterocycles. The minimum absolute atomic E-state index is 0.0436. The Morgan fingerprint density at radius 2 is 1.93 bits per heavy atom. The highest BCUT2D eigenvalue weighted by Gasteiger charge is 2.31. The van der Waals surface area contributed by atoms with Gasteiger partial charge in [0.25, 0.3) is 5.91 Å². The molecule has 0 radical (unpaired) electrons. The third-order valence-electron chi connectivity index (χ3n) is 3.87. The van der Waals surface area contributed by atoms with Gasteiger partial charge >= 0.3 is 6.36 Å². The van der Waals surface area contributed by atoms with Gasteiger partial charge < -0.3 is 25.4 Å². The van der Waals surface area contributed by atoms with E-state index in [4.69, 9.17) is 4.74 Å². The van der Waals surface area contributed by atoms with Gasteiger partial charge in [0.05, 0.1) is 12.6 Å². The largest absolute Gasteiger partial charge is 0.573 e. The Morgan fingerprint density at radius 3 is 2.54 bits per heavy atom. The van der Waals surface area contributed by atoms with Crippen molar-refractivity contribution in [1.29, 1.82) is 0 Å². The van der Waals surface area contributed by atoms with Crippen LogP contribution in [0, 0.1) is 0 Å². The summed E-state index contributed by atoms with van der Waals surface area (Å²) in [6.45, 7) is 2.29. The van der Waals surface area contributed by atoms with Crippen molar-refractivity contribution >= 4 is 5.91 Å². The number of dihydropyridines is 2. The lowest BCUT2D eigenvalue weighted by molar-refractivity contribution is -0.274. The van der Waals surface area contributed by atoms with E-state index in [0.717, 1.165) is 17.9 Å². The van der Waals surface area contributed by atoms with Crippen LogP contribution in [0.1, 0.15) is 17.3 Å². The number of hydrogen-bond donors (Lipinski definition) is 3. The molecule has 148 valence electrons. The van der Waals surface area contributed by atoms with E-state index < -0.39 is 12.3 Å². The van der Waals surface area contributed by atoms with Gasteiger partial charge in [-0.15, -0.1) is 13.2 Å². The lowest BCUT2D eigenvalue weighted by atomic mass is 10.2. The van der Waals surface area contributed by atoms with Gasteiger partial charge in [0.15, 0.2) is 5.88 Å². The number of hydrogen-bond acceptors (Lipinski definition) is 5. The molecule has 1 aromatic rings. The first kappa shape index (κ1) is 19.4. The van der Waals surface area contributed by atoms with Crippen molar-refractivity contribution in [2.45, 2.75) is 19.3 Å². The molecule has 1 amide bonds. The smallest absolute Gasteiger partial charge is 0.444 e. The van der Waals surface area contributed by atoms with Crippen molar-refractivity contribution < 1.29 is 27.4 Å². The summed E-state index contributed by atoms with van der Waals surface area (Å²) >= 11 is 0. The molecule has 28 heavy (non-hydrogen) atoms. The molecule has 2 aliphatic rings. The first-order chi connectivity index (χ1) is 13.3. The van der Waals surface area contributed by atoms with Crippen molar-refractivity contribution in [1.82, 2.24) is 16.0 Å². The van der Waals surface area contributed by atoms with E-state index in [2.05, 4.69) is 20.7 Å². The second-order valence-corrected chi connectivity index (χ2v) is 6.02. The number of carbonyl (C=O) groups excluding carboxylic acids is 1. The van der Waals surface area contributed by atoms with Gasteiger partial charge in [-0.2, -0.15) is 0 Å². The number of ether oxygens (including phenoxy) is 2. The van der Waals surface area contributed by atoms with Gasteiger partial charge in [0.1, 0.15) is 11.5 Å². The zero-order valence-corrected chi connectivity index (χ0v) is 14.8. The molecule has 3 rings (SSSR count). The minimum atomic E-state index is -4.77. The number of halogens is 3. The van der Waals surface area contributed by atoms with E-state index in [9.17, 15) is 18.0 Å². The maximum absolute atomic E-state index is 12.2. The second kappa shape index (κ2) is 8.12. The molecule has 2 heterocycles. The fourth-order valence-corrected chi connectivity index (χ4v) is 2.48. The molecule has 0 saturated heterocycles. The summed E-state index contributed by atoms with van der Waals surface area (Å²) in [4.78, 5) is 12.2. The molecule has 0 fully saturated rings. The van der Waals surface area contributed by atoms with Crippen LogP contribution in [0.2, 0.25) is 0 Å². The number of alkyl halides is 3. The standard InChI is InChI=1S/C19H18F3N3O3/c1-12-16(3-2-10-23-12)27-17-9-6-14(11-24-17)25-18(26)13-4-7-15(8-5-13)28-19(20,21)22/h2-10,12,23-24H,11H2,1H3,(H,25,26). The molecule has 1 unspecified atom stereocenters. The van der Waals surface area contributed by atoms with Crippen LogP contribution in [0.5, 0.6) is 5.75 Å². The van der Waals surface area contributed by atoms with E-state index in [1.807, 2.05) is 25.3 Å². The summed E-state index contributed by atoms with van der Waals surface area (Å²) in [6, 6.07) is 4.73. The zero-order valence-electron chi connectivity index (χ0n) is 14.8. The number of carbonyl (C=O) groups is 1. The quantitative estimate of drug-likeness (QED) is 0.717. The lowest BCUT2D eigenvalue weighted by Crippen LogP contribution is -2.33. The molecule has 9 heteroatoms. The minimum Gasteiger partial charge on any atom is -0.444 e. The third-order valence-corrected chi connectivity index (χ3v) is 3.87. The number of nitrogens with one attached hydrogen (secondary N) is 3. The monoisotopic (exact) mass is 393 g/mol. The fraction of sp³-hybridized carbons (Fsp3) is 0.211. The van der Waals surface area contributed by atoms with Crippen LogP contribution >= 0.6 is 0 Å². The summed E-state index contributed by atoms with van der Waals surface area (Å²) in [5.41, 5.74) is 0.803. The Balaban J connectivity index is 1.57. The number of benzene rings is 1. The predicted octanol–water partition coefficient (Wildman–Crippen LogP) is 3.05. The highest BCUT2D eigenvalue weighted by atomic mass is 19.4. The van der Waals surface area contributed by atoms with Crippen LogP contribution < -0.4 is 20.7 Å². The van der Waals surface area contributed by atoms with Crippen LogP contribution in [0.15, 0.2) is 72.1 Å². The lowest BCUT2D eigenvalue weighted by Gasteiger charge is -2.23. The number of rotatable bonds is 5. The Morgan fingerprint density at radius 1 is 1.18 bits per heavy atom. The van der Waals surface area contributed by atoms with Crippen molar-refractivity contribution in [3.05, 3.63) is 77.7 Å². The van der Waals surface area contributed by atoms with Crippen molar-refractivity contribution in [3.63, 3.8) is 0 Å². The van der Waals surface area contributed by atoms with Gasteiger partial charge in [0.2, 0.25) is 0 Å². The predicted molar refractivity (Wildman–Crippen MR) is 95.7 cm³/mol. The molecule has 1 aromatic carbocycles. The van der Waals surface area contributed by atoms with Gasteiger partial charge in [-0.3, -0.25) is 4.79 Å². The van der Waals surface area contributed by atoms with Crippen molar-refractivity contribution in [2.75, 3.05) is 6.54 Å². The second-order valence-electron chi connectivity index (χ2n) is 6.02. The fourth-order valence-electron chi connectivity index (χ4n) is 2.48. The Hall–Kier alpha value is -3.36. The molecule has 2 aliphatic heterocycles. The van der Waals surface area contributed by atoms with E-state index in [1.165, 1.54) is 12.1 Å². The van der Waals surface area contributed by atoms with E-state index in [0.29, 0.717) is 18.1 Å². The maximum Gasteiger partial charge on any atom is 0.573 e. The van der Waals surface area contributed by atoms with Gasteiger partial charge in [-0.1, -0.05) is 0 Å². The topological polar surface area (TPSA) is 71.6 Å². The van der Waals surface area contributed by atoms with Crippen LogP contribution in [0.3, 0.4) is 0 Å². The Labute approximate surface area is 159 Å². The third kappa shape index (κ3) is 5.32. The molecular weight excluding hydrogens is 375 g/mol. The normalized spacial score (nSPS) is 18.7. The summed E-state index contributed by atoms with van der Waals surface area (Å²) < 4.78 is 46.1. The first-order valence-corrected chi connectivity index (χ1v) is 8.43. The van der Waals surface area contributed by atoms with Gasteiger partial charge in [-0.25, -0.2) is 0 Å². The van der Waals surface area contributed by atoms with E-state index in [1.54, 1.807) is 12.2 Å². The van der Waals surface area contributed by atoms with Crippen molar-refractivity contribution in [3.8, 4) is 5.75 Å². The molecule has 6 nitrogen and oxygen atoms in total. The average molecular weight is 393 g/mol. The number of amides is 1. The first-order valence-electron chi connectivity index (χ1n) is 8.43. The van der Waals surface area contributed by atoms with Crippen LogP contribution in [0.4, 0.5) is 13.2 Å².